The molecule has 0 bridgehead atoms. The normalized spacial score (nSPS) is 11.9. The fraction of sp³-hybridized carbons (Fsp3) is 0.158. The maximum absolute atomic E-state index is 13.0. The van der Waals surface area contributed by atoms with Crippen LogP contribution >= 0.6 is 21.6 Å². The molecule has 0 radical (unpaired) electrons. The van der Waals surface area contributed by atoms with Crippen molar-refractivity contribution in [3.63, 3.8) is 0 Å². The lowest BCUT2D eigenvalue weighted by Crippen LogP contribution is -2.37. The van der Waals surface area contributed by atoms with Gasteiger partial charge in [0.15, 0.2) is 10.7 Å². The second-order valence-electron chi connectivity index (χ2n) is 6.17. The zero-order chi connectivity index (χ0) is 20.4. The molecule has 0 aliphatic rings. The highest BCUT2D eigenvalue weighted by molar-refractivity contribution is 8.76. The van der Waals surface area contributed by atoms with Crippen LogP contribution in [-0.2, 0) is 11.9 Å². The maximum Gasteiger partial charge on any atom is 0.416 e. The number of alkyl halides is 3. The standard InChI is InChI=1S/C19H15F3N5S2/c1-12-4-2-9-27(16(12)11-28-29-18-23-7-3-8-24-18)17-25-14-6-5-13(19(20,21)22)10-15(14)26-17/h2-10H,11H2,1H3,(H,25,26)/q+1. The summed E-state index contributed by atoms with van der Waals surface area (Å²) in [6.07, 6.45) is 0.824. The Bertz CT molecular complexity index is 1150. The lowest BCUT2D eigenvalue weighted by atomic mass is 10.2. The highest BCUT2D eigenvalue weighted by Crippen LogP contribution is 2.32. The van der Waals surface area contributed by atoms with E-state index in [0.29, 0.717) is 27.9 Å². The Morgan fingerprint density at radius 3 is 2.66 bits per heavy atom. The van der Waals surface area contributed by atoms with E-state index < -0.39 is 11.7 Å². The first-order chi connectivity index (χ1) is 13.9. The van der Waals surface area contributed by atoms with E-state index in [2.05, 4.69) is 19.9 Å². The number of hydrogen-bond donors (Lipinski definition) is 1. The van der Waals surface area contributed by atoms with Crippen LogP contribution in [0.2, 0.25) is 0 Å². The third-order valence-electron chi connectivity index (χ3n) is 4.22. The first-order valence-electron chi connectivity index (χ1n) is 8.56. The molecule has 0 unspecified atom stereocenters. The number of nitrogens with one attached hydrogen (secondary N) is 1. The summed E-state index contributed by atoms with van der Waals surface area (Å²) < 4.78 is 40.8. The van der Waals surface area contributed by atoms with E-state index >= 15 is 0 Å². The molecule has 1 aromatic carbocycles. The van der Waals surface area contributed by atoms with Gasteiger partial charge in [0.05, 0.1) is 23.2 Å². The number of nitrogens with zero attached hydrogens (tertiary/aromatic N) is 4. The zero-order valence-electron chi connectivity index (χ0n) is 15.1. The molecule has 148 valence electrons. The van der Waals surface area contributed by atoms with E-state index in [-0.39, 0.29) is 0 Å². The number of hydrogen-bond acceptors (Lipinski definition) is 5. The van der Waals surface area contributed by atoms with Crippen molar-refractivity contribution in [2.24, 2.45) is 0 Å². The second kappa shape index (κ2) is 8.03. The van der Waals surface area contributed by atoms with E-state index in [9.17, 15) is 13.2 Å². The predicted octanol–water partition coefficient (Wildman–Crippen LogP) is 4.90. The Hall–Kier alpha value is -2.59. The van der Waals surface area contributed by atoms with Crippen LogP contribution in [0.5, 0.6) is 0 Å². The largest absolute Gasteiger partial charge is 0.416 e. The minimum atomic E-state index is -4.39. The topological polar surface area (TPSA) is 58.3 Å². The van der Waals surface area contributed by atoms with Gasteiger partial charge in [-0.25, -0.2) is 19.5 Å². The number of imidazole rings is 1. The van der Waals surface area contributed by atoms with Gasteiger partial charge in [-0.1, -0.05) is 21.8 Å². The molecule has 29 heavy (non-hydrogen) atoms. The Morgan fingerprint density at radius 2 is 1.90 bits per heavy atom. The molecule has 0 aliphatic heterocycles. The molecule has 5 nitrogen and oxygen atoms in total. The van der Waals surface area contributed by atoms with Crippen molar-refractivity contribution in [2.45, 2.75) is 24.0 Å². The number of aromatic amines is 1. The monoisotopic (exact) mass is 434 g/mol. The molecule has 0 aliphatic carbocycles. The lowest BCUT2D eigenvalue weighted by molar-refractivity contribution is -0.610. The van der Waals surface area contributed by atoms with Gasteiger partial charge in [-0.15, -0.1) is 0 Å². The molecule has 10 heteroatoms. The van der Waals surface area contributed by atoms with Gasteiger partial charge in [-0.2, -0.15) is 13.2 Å². The third kappa shape index (κ3) is 4.38. The number of pyridine rings is 1. The average molecular weight is 434 g/mol. The van der Waals surface area contributed by atoms with Crippen LogP contribution in [0.4, 0.5) is 13.2 Å². The number of fused-ring (bicyclic) bond motifs is 1. The molecule has 0 atom stereocenters. The van der Waals surface area contributed by atoms with Crippen LogP contribution in [0.15, 0.2) is 60.1 Å². The fourth-order valence-electron chi connectivity index (χ4n) is 2.78. The van der Waals surface area contributed by atoms with E-state index in [0.717, 1.165) is 23.4 Å². The van der Waals surface area contributed by atoms with Crippen molar-refractivity contribution in [1.82, 2.24) is 19.9 Å². The third-order valence-corrected chi connectivity index (χ3v) is 6.25. The van der Waals surface area contributed by atoms with Crippen molar-refractivity contribution < 1.29 is 17.7 Å². The zero-order valence-corrected chi connectivity index (χ0v) is 16.8. The van der Waals surface area contributed by atoms with Gasteiger partial charge in [0.2, 0.25) is 0 Å². The molecule has 0 amide bonds. The quantitative estimate of drug-likeness (QED) is 0.275. The SMILES string of the molecule is Cc1ccc[n+](-c2nc3ccc(C(F)(F)F)cc3[nH]2)c1CSSc1ncccn1. The molecule has 0 saturated heterocycles. The van der Waals surface area contributed by atoms with E-state index in [1.165, 1.54) is 16.9 Å². The second-order valence-corrected chi connectivity index (χ2v) is 8.44. The summed E-state index contributed by atoms with van der Waals surface area (Å²) in [6, 6.07) is 9.13. The van der Waals surface area contributed by atoms with Crippen molar-refractivity contribution >= 4 is 32.6 Å². The molecule has 4 aromatic rings. The minimum absolute atomic E-state index is 0.342. The number of halogens is 3. The average Bonchev–Trinajstić information content (AvgIpc) is 3.12. The van der Waals surface area contributed by atoms with Gasteiger partial charge in [-0.3, -0.25) is 0 Å². The summed E-state index contributed by atoms with van der Waals surface area (Å²) in [5.41, 5.74) is 2.15. The van der Waals surface area contributed by atoms with Crippen LogP contribution in [-0.4, -0.2) is 19.9 Å². The molecule has 3 aromatic heterocycles. The summed E-state index contributed by atoms with van der Waals surface area (Å²) in [6.45, 7) is 1.99. The van der Waals surface area contributed by atoms with Crippen molar-refractivity contribution in [1.29, 1.82) is 0 Å². The smallest absolute Gasteiger partial charge is 0.238 e. The highest BCUT2D eigenvalue weighted by atomic mass is 33.1. The Kier molecular flexibility index (Phi) is 5.46. The number of H-pyrrole nitrogens is 1. The van der Waals surface area contributed by atoms with Crippen LogP contribution in [0.1, 0.15) is 16.8 Å². The Morgan fingerprint density at radius 1 is 1.10 bits per heavy atom. The summed E-state index contributed by atoms with van der Waals surface area (Å²) >= 11 is 0. The molecule has 4 rings (SSSR count). The van der Waals surface area contributed by atoms with Crippen molar-refractivity contribution in [3.05, 3.63) is 71.8 Å². The number of aryl methyl sites for hydroxylation is 1. The minimum Gasteiger partial charge on any atom is -0.238 e. The van der Waals surface area contributed by atoms with E-state index in [1.54, 1.807) is 29.3 Å². The fourth-order valence-corrected chi connectivity index (χ4v) is 4.72. The molecule has 3 heterocycles. The van der Waals surface area contributed by atoms with E-state index in [1.807, 2.05) is 29.8 Å². The first-order valence-corrected chi connectivity index (χ1v) is 10.9. The summed E-state index contributed by atoms with van der Waals surface area (Å²) in [5.74, 6) is 1.11. The molecule has 1 N–H and O–H groups in total. The van der Waals surface area contributed by atoms with Crippen molar-refractivity contribution in [2.75, 3.05) is 0 Å². The molecule has 0 saturated carbocycles. The van der Waals surface area contributed by atoms with Gasteiger partial charge < -0.3 is 0 Å². The first kappa shape index (κ1) is 19.7. The molecular weight excluding hydrogens is 419 g/mol. The molecule has 0 spiro atoms. The summed E-state index contributed by atoms with van der Waals surface area (Å²) in [7, 11) is 3.04. The van der Waals surface area contributed by atoms with Crippen LogP contribution < -0.4 is 4.57 Å². The number of rotatable bonds is 5. The highest BCUT2D eigenvalue weighted by Gasteiger charge is 2.31. The number of aromatic nitrogens is 5. The number of benzene rings is 1. The molecule has 0 fully saturated rings. The van der Waals surface area contributed by atoms with Crippen LogP contribution in [0, 0.1) is 6.92 Å². The summed E-state index contributed by atoms with van der Waals surface area (Å²) in [5, 5.41) is 0.668. The maximum atomic E-state index is 13.0. The van der Waals surface area contributed by atoms with E-state index in [4.69, 9.17) is 0 Å². The Balaban J connectivity index is 1.63. The molecular formula is C19H15F3N5S2+. The van der Waals surface area contributed by atoms with Gasteiger partial charge in [-0.05, 0) is 53.6 Å². The predicted molar refractivity (Wildman–Crippen MR) is 107 cm³/mol. The van der Waals surface area contributed by atoms with Crippen LogP contribution in [0.25, 0.3) is 17.0 Å². The van der Waals surface area contributed by atoms with Gasteiger partial charge in [0.1, 0.15) is 5.52 Å². The van der Waals surface area contributed by atoms with Crippen molar-refractivity contribution in [3.8, 4) is 5.95 Å². The lowest BCUT2D eigenvalue weighted by Gasteiger charge is -2.08. The van der Waals surface area contributed by atoms with Crippen LogP contribution in [0.3, 0.4) is 0 Å². The van der Waals surface area contributed by atoms with Gasteiger partial charge in [0, 0.05) is 12.4 Å². The Labute approximate surface area is 172 Å². The van der Waals surface area contributed by atoms with Gasteiger partial charge >= 0.3 is 12.1 Å². The summed E-state index contributed by atoms with van der Waals surface area (Å²) in [4.78, 5) is 15.9. The van der Waals surface area contributed by atoms with Gasteiger partial charge in [0.25, 0.3) is 0 Å².